The summed E-state index contributed by atoms with van der Waals surface area (Å²) in [6.45, 7) is -0.421. The van der Waals surface area contributed by atoms with Crippen LogP contribution in [0.1, 0.15) is 5.56 Å². The summed E-state index contributed by atoms with van der Waals surface area (Å²) in [5.74, 6) is -1.14. The first-order valence-corrected chi connectivity index (χ1v) is 7.93. The molecule has 24 heavy (non-hydrogen) atoms. The number of hydrogen-bond donors (Lipinski definition) is 1. The fourth-order valence-electron chi connectivity index (χ4n) is 1.71. The van der Waals surface area contributed by atoms with E-state index in [9.17, 15) is 9.59 Å². The average Bonchev–Trinajstić information content (AvgIpc) is 2.56. The number of halogens is 3. The molecule has 2 aromatic carbocycles. The third-order valence-corrected chi connectivity index (χ3v) is 3.92. The highest BCUT2D eigenvalue weighted by atomic mass is 35.5. The van der Waals surface area contributed by atoms with E-state index < -0.39 is 18.5 Å². The minimum absolute atomic E-state index is 0.381. The quantitative estimate of drug-likeness (QED) is 0.592. The van der Waals surface area contributed by atoms with Crippen molar-refractivity contribution >= 4 is 58.4 Å². The van der Waals surface area contributed by atoms with Crippen LogP contribution in [0.15, 0.2) is 48.5 Å². The Kier molecular flexibility index (Phi) is 6.67. The van der Waals surface area contributed by atoms with Crippen LogP contribution in [0.3, 0.4) is 0 Å². The van der Waals surface area contributed by atoms with Crippen LogP contribution in [0.4, 0.5) is 5.69 Å². The Hall–Kier alpha value is -2.01. The Morgan fingerprint density at radius 1 is 1.00 bits per heavy atom. The number of carbonyl (C=O) groups is 2. The molecule has 0 unspecified atom stereocenters. The Morgan fingerprint density at radius 2 is 1.75 bits per heavy atom. The molecule has 0 aliphatic carbocycles. The van der Waals surface area contributed by atoms with Crippen molar-refractivity contribution < 1.29 is 14.3 Å². The third kappa shape index (κ3) is 5.57. The predicted molar refractivity (Wildman–Crippen MR) is 96.5 cm³/mol. The summed E-state index contributed by atoms with van der Waals surface area (Å²) < 4.78 is 4.85. The van der Waals surface area contributed by atoms with Gasteiger partial charge in [0.15, 0.2) is 6.61 Å². The molecule has 1 amide bonds. The maximum atomic E-state index is 11.7. The Morgan fingerprint density at radius 3 is 2.46 bits per heavy atom. The maximum absolute atomic E-state index is 11.7. The van der Waals surface area contributed by atoms with Gasteiger partial charge in [-0.25, -0.2) is 4.79 Å². The van der Waals surface area contributed by atoms with Gasteiger partial charge in [-0.3, -0.25) is 4.79 Å². The zero-order valence-corrected chi connectivity index (χ0v) is 14.5. The minimum atomic E-state index is -0.657. The van der Waals surface area contributed by atoms with E-state index >= 15 is 0 Å². The largest absolute Gasteiger partial charge is 0.452 e. The molecule has 0 radical (unpaired) electrons. The molecule has 0 saturated carbocycles. The van der Waals surface area contributed by atoms with E-state index in [1.54, 1.807) is 42.5 Å². The molecule has 0 spiro atoms. The summed E-state index contributed by atoms with van der Waals surface area (Å²) in [5, 5.41) is 3.75. The van der Waals surface area contributed by atoms with Crippen molar-refractivity contribution in [3.8, 4) is 0 Å². The van der Waals surface area contributed by atoms with Crippen LogP contribution in [-0.2, 0) is 14.3 Å². The van der Waals surface area contributed by atoms with Gasteiger partial charge in [0.25, 0.3) is 5.91 Å². The molecule has 0 bridgehead atoms. The normalized spacial score (nSPS) is 10.6. The number of hydrogen-bond acceptors (Lipinski definition) is 3. The smallest absolute Gasteiger partial charge is 0.331 e. The maximum Gasteiger partial charge on any atom is 0.331 e. The highest BCUT2D eigenvalue weighted by molar-refractivity contribution is 6.42. The van der Waals surface area contributed by atoms with Crippen LogP contribution in [0, 0.1) is 0 Å². The molecule has 4 nitrogen and oxygen atoms in total. The second-order valence-electron chi connectivity index (χ2n) is 4.64. The van der Waals surface area contributed by atoms with Crippen LogP contribution in [-0.4, -0.2) is 18.5 Å². The van der Waals surface area contributed by atoms with Crippen molar-refractivity contribution in [2.24, 2.45) is 0 Å². The van der Waals surface area contributed by atoms with Crippen molar-refractivity contribution in [3.63, 3.8) is 0 Å². The van der Waals surface area contributed by atoms with Crippen molar-refractivity contribution in [1.29, 1.82) is 0 Å². The number of ether oxygens (including phenoxy) is 1. The summed E-state index contributed by atoms with van der Waals surface area (Å²) >= 11 is 17.6. The minimum Gasteiger partial charge on any atom is -0.452 e. The first-order valence-electron chi connectivity index (χ1n) is 6.80. The van der Waals surface area contributed by atoms with Gasteiger partial charge in [-0.2, -0.15) is 0 Å². The van der Waals surface area contributed by atoms with Gasteiger partial charge in [0, 0.05) is 6.08 Å². The van der Waals surface area contributed by atoms with E-state index in [4.69, 9.17) is 39.5 Å². The lowest BCUT2D eigenvalue weighted by Crippen LogP contribution is -2.20. The average molecular weight is 385 g/mol. The Labute approximate surface area is 154 Å². The van der Waals surface area contributed by atoms with Gasteiger partial charge in [-0.1, -0.05) is 53.0 Å². The van der Waals surface area contributed by atoms with Crippen LogP contribution >= 0.6 is 34.8 Å². The summed E-state index contributed by atoms with van der Waals surface area (Å²) in [5.41, 5.74) is 1.13. The number of amides is 1. The van der Waals surface area contributed by atoms with Crippen molar-refractivity contribution in [3.05, 3.63) is 69.2 Å². The first kappa shape index (κ1) is 18.3. The fraction of sp³-hybridized carbons (Fsp3) is 0.0588. The summed E-state index contributed by atoms with van der Waals surface area (Å²) in [6.07, 6.45) is 2.71. The third-order valence-electron chi connectivity index (χ3n) is 2.85. The molecule has 0 aromatic heterocycles. The van der Waals surface area contributed by atoms with Crippen molar-refractivity contribution in [2.45, 2.75) is 0 Å². The number of nitrogens with one attached hydrogen (secondary N) is 1. The van der Waals surface area contributed by atoms with E-state index in [-0.39, 0.29) is 0 Å². The highest BCUT2D eigenvalue weighted by Gasteiger charge is 2.07. The van der Waals surface area contributed by atoms with E-state index in [0.717, 1.165) is 0 Å². The molecule has 0 heterocycles. The lowest BCUT2D eigenvalue weighted by Gasteiger charge is -2.06. The van der Waals surface area contributed by atoms with Crippen molar-refractivity contribution in [2.75, 3.05) is 11.9 Å². The van der Waals surface area contributed by atoms with Gasteiger partial charge in [0.05, 0.1) is 20.8 Å². The summed E-state index contributed by atoms with van der Waals surface area (Å²) in [7, 11) is 0. The Bertz CT molecular complexity index is 790. The van der Waals surface area contributed by atoms with E-state index in [2.05, 4.69) is 5.32 Å². The monoisotopic (exact) mass is 383 g/mol. The molecule has 2 aromatic rings. The molecule has 0 atom stereocenters. The van der Waals surface area contributed by atoms with E-state index in [1.165, 1.54) is 12.2 Å². The van der Waals surface area contributed by atoms with Crippen LogP contribution < -0.4 is 5.32 Å². The lowest BCUT2D eigenvalue weighted by atomic mass is 10.2. The topological polar surface area (TPSA) is 55.4 Å². The summed E-state index contributed by atoms with van der Waals surface area (Å²) in [6, 6.07) is 11.7. The number of benzene rings is 2. The van der Waals surface area contributed by atoms with Gasteiger partial charge in [-0.05, 0) is 35.9 Å². The zero-order chi connectivity index (χ0) is 17.5. The SMILES string of the molecule is O=C(COC(=O)C=Cc1ccc(Cl)c(Cl)c1)Nc1ccccc1Cl. The molecular formula is C17H12Cl3NO3. The standard InChI is InChI=1S/C17H12Cl3NO3/c18-12-7-5-11(9-14(12)20)6-8-17(23)24-10-16(22)21-15-4-2-1-3-13(15)19/h1-9H,10H2,(H,21,22). The van der Waals surface area contributed by atoms with Gasteiger partial charge >= 0.3 is 5.97 Å². The molecular weight excluding hydrogens is 373 g/mol. The molecule has 0 aliphatic heterocycles. The van der Waals surface area contributed by atoms with Gasteiger partial charge in [0.1, 0.15) is 0 Å². The number of carbonyl (C=O) groups excluding carboxylic acids is 2. The van der Waals surface area contributed by atoms with Crippen LogP contribution in [0.25, 0.3) is 6.08 Å². The molecule has 7 heteroatoms. The highest BCUT2D eigenvalue weighted by Crippen LogP contribution is 2.23. The number of rotatable bonds is 5. The molecule has 2 rings (SSSR count). The second kappa shape index (κ2) is 8.73. The molecule has 0 aliphatic rings. The fourth-order valence-corrected chi connectivity index (χ4v) is 2.20. The van der Waals surface area contributed by atoms with Gasteiger partial charge < -0.3 is 10.1 Å². The van der Waals surface area contributed by atoms with Gasteiger partial charge in [-0.15, -0.1) is 0 Å². The molecule has 0 saturated heterocycles. The number of esters is 1. The zero-order valence-electron chi connectivity index (χ0n) is 12.3. The molecule has 1 N–H and O–H groups in total. The Balaban J connectivity index is 1.84. The predicted octanol–water partition coefficient (Wildman–Crippen LogP) is 4.84. The first-order chi connectivity index (χ1) is 11.5. The lowest BCUT2D eigenvalue weighted by molar-refractivity contribution is -0.142. The second-order valence-corrected chi connectivity index (χ2v) is 5.86. The van der Waals surface area contributed by atoms with E-state index in [1.807, 2.05) is 0 Å². The number of anilines is 1. The molecule has 124 valence electrons. The van der Waals surface area contributed by atoms with E-state index in [0.29, 0.717) is 26.3 Å². The van der Waals surface area contributed by atoms with Crippen molar-refractivity contribution in [1.82, 2.24) is 0 Å². The molecule has 0 fully saturated rings. The van der Waals surface area contributed by atoms with Crippen LogP contribution in [0.2, 0.25) is 15.1 Å². The van der Waals surface area contributed by atoms with Crippen LogP contribution in [0.5, 0.6) is 0 Å². The number of para-hydroxylation sites is 1. The summed E-state index contributed by atoms with van der Waals surface area (Å²) in [4.78, 5) is 23.3. The van der Waals surface area contributed by atoms with Gasteiger partial charge in [0.2, 0.25) is 0 Å².